The smallest absolute Gasteiger partial charge is 0.271 e. The van der Waals surface area contributed by atoms with Gasteiger partial charge in [0.1, 0.15) is 5.82 Å². The second-order valence-electron chi connectivity index (χ2n) is 7.21. The standard InChI is InChI=1S/C21H20Cl2N4O2/c1-13-5-8-16(27(28)29)12-20(13)26-21-17(4-2-3-9-24-21)19(25-26)10-14-6-7-15(22)11-18(14)23/h5-8,11-12,24H,2-4,9-10H2,1H3. The number of nitrogens with one attached hydrogen (secondary N) is 1. The van der Waals surface area contributed by atoms with E-state index in [4.69, 9.17) is 28.3 Å². The molecular formula is C21H20Cl2N4O2. The molecule has 0 aliphatic carbocycles. The maximum absolute atomic E-state index is 11.3. The topological polar surface area (TPSA) is 73.0 Å². The lowest BCUT2D eigenvalue weighted by molar-refractivity contribution is -0.384. The molecule has 0 bridgehead atoms. The van der Waals surface area contributed by atoms with E-state index in [2.05, 4.69) is 5.32 Å². The Kier molecular flexibility index (Phi) is 5.48. The van der Waals surface area contributed by atoms with Gasteiger partial charge in [-0.3, -0.25) is 10.1 Å². The van der Waals surface area contributed by atoms with Crippen molar-refractivity contribution in [2.75, 3.05) is 11.9 Å². The normalized spacial score (nSPS) is 13.5. The molecule has 1 N–H and O–H groups in total. The van der Waals surface area contributed by atoms with Gasteiger partial charge >= 0.3 is 0 Å². The van der Waals surface area contributed by atoms with Crippen LogP contribution in [0.15, 0.2) is 36.4 Å². The monoisotopic (exact) mass is 430 g/mol. The lowest BCUT2D eigenvalue weighted by Crippen LogP contribution is -2.08. The zero-order chi connectivity index (χ0) is 20.5. The van der Waals surface area contributed by atoms with Crippen LogP contribution in [0.2, 0.25) is 10.0 Å². The van der Waals surface area contributed by atoms with Gasteiger partial charge in [-0.05, 0) is 49.4 Å². The number of non-ortho nitro benzene ring substituents is 1. The molecule has 3 aromatic rings. The average Bonchev–Trinajstić information content (AvgIpc) is 2.85. The quantitative estimate of drug-likeness (QED) is 0.423. The Morgan fingerprint density at radius 2 is 2.03 bits per heavy atom. The molecule has 0 atom stereocenters. The van der Waals surface area contributed by atoms with Crippen molar-refractivity contribution in [2.45, 2.75) is 32.6 Å². The SMILES string of the molecule is Cc1ccc([N+](=O)[O-])cc1-n1nc(Cc2ccc(Cl)cc2Cl)c2c1NCCCC2. The summed E-state index contributed by atoms with van der Waals surface area (Å²) >= 11 is 12.4. The maximum Gasteiger partial charge on any atom is 0.271 e. The fraction of sp³-hybridized carbons (Fsp3) is 0.286. The highest BCUT2D eigenvalue weighted by atomic mass is 35.5. The fourth-order valence-corrected chi connectivity index (χ4v) is 4.15. The summed E-state index contributed by atoms with van der Waals surface area (Å²) in [6.45, 7) is 2.77. The molecule has 8 heteroatoms. The molecule has 0 amide bonds. The van der Waals surface area contributed by atoms with E-state index < -0.39 is 0 Å². The van der Waals surface area contributed by atoms with Crippen molar-refractivity contribution in [2.24, 2.45) is 0 Å². The molecule has 0 saturated carbocycles. The number of aromatic nitrogens is 2. The third-order valence-electron chi connectivity index (χ3n) is 5.22. The summed E-state index contributed by atoms with van der Waals surface area (Å²) in [5.41, 5.74) is 4.68. The summed E-state index contributed by atoms with van der Waals surface area (Å²) < 4.78 is 1.81. The summed E-state index contributed by atoms with van der Waals surface area (Å²) in [6, 6.07) is 10.3. The van der Waals surface area contributed by atoms with Crippen LogP contribution in [-0.2, 0) is 12.8 Å². The predicted octanol–water partition coefficient (Wildman–Crippen LogP) is 5.73. The van der Waals surface area contributed by atoms with Crippen LogP contribution in [0.5, 0.6) is 0 Å². The van der Waals surface area contributed by atoms with E-state index in [1.54, 1.807) is 18.2 Å². The highest BCUT2D eigenvalue weighted by molar-refractivity contribution is 6.35. The molecular weight excluding hydrogens is 411 g/mol. The van der Waals surface area contributed by atoms with Gasteiger partial charge < -0.3 is 5.32 Å². The van der Waals surface area contributed by atoms with Crippen LogP contribution in [0.3, 0.4) is 0 Å². The van der Waals surface area contributed by atoms with Gasteiger partial charge in [-0.2, -0.15) is 5.10 Å². The third-order valence-corrected chi connectivity index (χ3v) is 5.80. The van der Waals surface area contributed by atoms with Crippen molar-refractivity contribution < 1.29 is 4.92 Å². The largest absolute Gasteiger partial charge is 0.370 e. The van der Waals surface area contributed by atoms with Gasteiger partial charge in [0.05, 0.1) is 16.3 Å². The van der Waals surface area contributed by atoms with Crippen molar-refractivity contribution in [3.63, 3.8) is 0 Å². The lowest BCUT2D eigenvalue weighted by Gasteiger charge is -2.11. The third kappa shape index (κ3) is 3.95. The number of aryl methyl sites for hydroxylation is 1. The zero-order valence-electron chi connectivity index (χ0n) is 15.9. The van der Waals surface area contributed by atoms with E-state index in [1.807, 2.05) is 23.7 Å². The first-order chi connectivity index (χ1) is 13.9. The first-order valence-electron chi connectivity index (χ1n) is 9.48. The molecule has 6 nitrogen and oxygen atoms in total. The molecule has 1 aromatic heterocycles. The van der Waals surface area contributed by atoms with Crippen LogP contribution in [-0.4, -0.2) is 21.2 Å². The number of halogens is 2. The van der Waals surface area contributed by atoms with Gasteiger partial charge in [-0.1, -0.05) is 35.3 Å². The van der Waals surface area contributed by atoms with E-state index in [0.717, 1.165) is 54.0 Å². The minimum absolute atomic E-state index is 0.0470. The Morgan fingerprint density at radius 3 is 2.79 bits per heavy atom. The Balaban J connectivity index is 1.84. The average molecular weight is 431 g/mol. The highest BCUT2D eigenvalue weighted by Gasteiger charge is 2.23. The van der Waals surface area contributed by atoms with Gasteiger partial charge in [0.15, 0.2) is 0 Å². The summed E-state index contributed by atoms with van der Waals surface area (Å²) in [5.74, 6) is 0.909. The summed E-state index contributed by atoms with van der Waals surface area (Å²) in [4.78, 5) is 10.9. The molecule has 2 aromatic carbocycles. The molecule has 4 rings (SSSR count). The van der Waals surface area contributed by atoms with Crippen molar-refractivity contribution in [3.05, 3.63) is 78.9 Å². The number of rotatable bonds is 4. The van der Waals surface area contributed by atoms with Gasteiger partial charge in [0.2, 0.25) is 0 Å². The Bertz CT molecular complexity index is 1090. The van der Waals surface area contributed by atoms with Crippen LogP contribution in [0.25, 0.3) is 5.69 Å². The van der Waals surface area contributed by atoms with E-state index in [9.17, 15) is 10.1 Å². The Hall–Kier alpha value is -2.57. The number of fused-ring (bicyclic) bond motifs is 1. The number of nitro benzene ring substituents is 1. The number of nitro groups is 1. The first kappa shape index (κ1) is 19.7. The van der Waals surface area contributed by atoms with Crippen LogP contribution >= 0.6 is 23.2 Å². The summed E-state index contributed by atoms with van der Waals surface area (Å²) in [7, 11) is 0. The minimum Gasteiger partial charge on any atom is -0.370 e. The zero-order valence-corrected chi connectivity index (χ0v) is 17.4. The molecule has 150 valence electrons. The van der Waals surface area contributed by atoms with Gasteiger partial charge in [0, 0.05) is 40.7 Å². The minimum atomic E-state index is -0.382. The number of anilines is 1. The first-order valence-corrected chi connectivity index (χ1v) is 10.2. The second-order valence-corrected chi connectivity index (χ2v) is 8.05. The molecule has 29 heavy (non-hydrogen) atoms. The van der Waals surface area contributed by atoms with Crippen LogP contribution in [0.1, 0.15) is 35.2 Å². The molecule has 0 unspecified atom stereocenters. The van der Waals surface area contributed by atoms with Crippen LogP contribution < -0.4 is 5.32 Å². The second kappa shape index (κ2) is 8.05. The van der Waals surface area contributed by atoms with Gasteiger partial charge in [-0.25, -0.2) is 4.68 Å². The number of nitrogens with zero attached hydrogens (tertiary/aromatic N) is 3. The van der Waals surface area contributed by atoms with Crippen molar-refractivity contribution in [3.8, 4) is 5.69 Å². The molecule has 1 aliphatic rings. The van der Waals surface area contributed by atoms with E-state index in [1.165, 1.54) is 6.07 Å². The maximum atomic E-state index is 11.3. The van der Waals surface area contributed by atoms with Crippen LogP contribution in [0, 0.1) is 17.0 Å². The molecule has 1 aliphatic heterocycles. The van der Waals surface area contributed by atoms with E-state index in [-0.39, 0.29) is 10.6 Å². The number of hydrogen-bond acceptors (Lipinski definition) is 4. The molecule has 0 radical (unpaired) electrons. The van der Waals surface area contributed by atoms with Crippen molar-refractivity contribution >= 4 is 34.7 Å². The molecule has 0 spiro atoms. The summed E-state index contributed by atoms with van der Waals surface area (Å²) in [5, 5.41) is 20.8. The van der Waals surface area contributed by atoms with Crippen molar-refractivity contribution in [1.29, 1.82) is 0 Å². The highest BCUT2D eigenvalue weighted by Crippen LogP contribution is 2.33. The van der Waals surface area contributed by atoms with Crippen molar-refractivity contribution in [1.82, 2.24) is 9.78 Å². The Labute approximate surface area is 178 Å². The summed E-state index contributed by atoms with van der Waals surface area (Å²) in [6.07, 6.45) is 3.59. The van der Waals surface area contributed by atoms with E-state index in [0.29, 0.717) is 22.2 Å². The van der Waals surface area contributed by atoms with E-state index >= 15 is 0 Å². The molecule has 0 saturated heterocycles. The lowest BCUT2D eigenvalue weighted by atomic mass is 10.0. The van der Waals surface area contributed by atoms with Gasteiger partial charge in [-0.15, -0.1) is 0 Å². The predicted molar refractivity (Wildman–Crippen MR) is 116 cm³/mol. The molecule has 0 fully saturated rings. The number of hydrogen-bond donors (Lipinski definition) is 1. The van der Waals surface area contributed by atoms with Crippen LogP contribution in [0.4, 0.5) is 11.5 Å². The van der Waals surface area contributed by atoms with Gasteiger partial charge in [0.25, 0.3) is 5.69 Å². The number of benzene rings is 2. The fourth-order valence-electron chi connectivity index (χ4n) is 3.67. The Morgan fingerprint density at radius 1 is 1.21 bits per heavy atom. The molecule has 2 heterocycles.